The van der Waals surface area contributed by atoms with Crippen LogP contribution in [-0.4, -0.2) is 23.5 Å². The average molecular weight is 573 g/mol. The molecule has 1 saturated heterocycles. The van der Waals surface area contributed by atoms with E-state index in [1.165, 1.54) is 36.4 Å². The van der Waals surface area contributed by atoms with Crippen molar-refractivity contribution in [2.24, 2.45) is 0 Å². The lowest BCUT2D eigenvalue weighted by Crippen LogP contribution is -2.54. The Kier molecular flexibility index (Phi) is 7.76. The molecule has 0 saturated carbocycles. The largest absolute Gasteiger partial charge is 0.490 e. The molecule has 0 spiro atoms. The molecule has 3 aromatic carbocycles. The van der Waals surface area contributed by atoms with E-state index in [0.29, 0.717) is 33.7 Å². The summed E-state index contributed by atoms with van der Waals surface area (Å²) in [5, 5.41) is 2.21. The monoisotopic (exact) mass is 572 g/mol. The third-order valence-corrected chi connectivity index (χ3v) is 6.11. The first kappa shape index (κ1) is 25.5. The highest BCUT2D eigenvalue weighted by molar-refractivity contribution is 9.10. The second-order valence-electron chi connectivity index (χ2n) is 7.58. The number of carbonyl (C=O) groups is 2. The normalized spacial score (nSPS) is 14.7. The molecule has 0 bridgehead atoms. The van der Waals surface area contributed by atoms with E-state index in [-0.39, 0.29) is 28.8 Å². The van der Waals surface area contributed by atoms with Gasteiger partial charge in [-0.25, -0.2) is 13.7 Å². The van der Waals surface area contributed by atoms with Gasteiger partial charge in [-0.2, -0.15) is 0 Å². The maximum Gasteiger partial charge on any atom is 0.270 e. The van der Waals surface area contributed by atoms with Gasteiger partial charge in [0.05, 0.1) is 12.3 Å². The van der Waals surface area contributed by atoms with E-state index in [0.717, 1.165) is 4.90 Å². The van der Waals surface area contributed by atoms with Crippen LogP contribution in [0.2, 0.25) is 0 Å². The summed E-state index contributed by atoms with van der Waals surface area (Å²) < 4.78 is 39.9. The number of carbonyl (C=O) groups excluding carboxylic acids is 2. The highest BCUT2D eigenvalue weighted by Gasteiger charge is 2.35. The Morgan fingerprint density at radius 3 is 2.50 bits per heavy atom. The second kappa shape index (κ2) is 11.0. The van der Waals surface area contributed by atoms with Crippen molar-refractivity contribution >= 4 is 56.8 Å². The molecule has 1 N–H and O–H groups in total. The number of hydrogen-bond donors (Lipinski definition) is 1. The molecule has 2 amide bonds. The number of hydrogen-bond acceptors (Lipinski definition) is 5. The van der Waals surface area contributed by atoms with Crippen molar-refractivity contribution in [2.75, 3.05) is 11.5 Å². The lowest BCUT2D eigenvalue weighted by atomic mass is 10.1. The van der Waals surface area contributed by atoms with Gasteiger partial charge in [-0.3, -0.25) is 14.9 Å². The van der Waals surface area contributed by atoms with Gasteiger partial charge in [0, 0.05) is 4.47 Å². The number of halogens is 3. The fraction of sp³-hybridized carbons (Fsp3) is 0.115. The summed E-state index contributed by atoms with van der Waals surface area (Å²) in [6.07, 6.45) is 1.36. The third kappa shape index (κ3) is 5.44. The quantitative estimate of drug-likeness (QED) is 0.229. The van der Waals surface area contributed by atoms with Gasteiger partial charge in [-0.1, -0.05) is 40.2 Å². The van der Waals surface area contributed by atoms with Crippen LogP contribution >= 0.6 is 28.1 Å². The minimum atomic E-state index is -0.773. The Bertz CT molecular complexity index is 1400. The van der Waals surface area contributed by atoms with Gasteiger partial charge >= 0.3 is 0 Å². The minimum absolute atomic E-state index is 0.0754. The summed E-state index contributed by atoms with van der Waals surface area (Å²) in [4.78, 5) is 26.8. The summed E-state index contributed by atoms with van der Waals surface area (Å²) >= 11 is 8.56. The zero-order valence-electron chi connectivity index (χ0n) is 18.9. The average Bonchev–Trinajstić information content (AvgIpc) is 2.83. The van der Waals surface area contributed by atoms with Crippen LogP contribution in [0.5, 0.6) is 11.5 Å². The summed E-state index contributed by atoms with van der Waals surface area (Å²) in [6.45, 7) is 2.21. The van der Waals surface area contributed by atoms with Crippen molar-refractivity contribution in [1.82, 2.24) is 5.32 Å². The number of thiocarbonyl (C=S) groups is 1. The zero-order chi connectivity index (χ0) is 25.8. The first-order valence-corrected chi connectivity index (χ1v) is 12.0. The van der Waals surface area contributed by atoms with Crippen molar-refractivity contribution in [2.45, 2.75) is 13.5 Å². The molecule has 6 nitrogen and oxygen atoms in total. The number of nitrogens with one attached hydrogen (secondary N) is 1. The molecule has 0 atom stereocenters. The summed E-state index contributed by atoms with van der Waals surface area (Å²) in [6, 6.07) is 14.9. The van der Waals surface area contributed by atoms with Gasteiger partial charge in [-0.15, -0.1) is 0 Å². The molecule has 1 heterocycles. The minimum Gasteiger partial charge on any atom is -0.490 e. The van der Waals surface area contributed by atoms with Crippen LogP contribution in [0.1, 0.15) is 18.1 Å². The van der Waals surface area contributed by atoms with Gasteiger partial charge in [0.2, 0.25) is 0 Å². The molecular formula is C26H19BrF2N2O4S. The molecule has 1 fully saturated rings. The molecule has 1 aliphatic heterocycles. The van der Waals surface area contributed by atoms with Crippen molar-refractivity contribution in [3.05, 3.63) is 93.5 Å². The third-order valence-electron chi connectivity index (χ3n) is 5.14. The number of para-hydroxylation sites is 1. The van der Waals surface area contributed by atoms with Crippen LogP contribution < -0.4 is 19.7 Å². The van der Waals surface area contributed by atoms with Gasteiger partial charge in [0.15, 0.2) is 16.6 Å². The second-order valence-corrected chi connectivity index (χ2v) is 8.82. The van der Waals surface area contributed by atoms with E-state index < -0.39 is 17.6 Å². The number of anilines is 1. The molecule has 0 aromatic heterocycles. The molecule has 0 unspecified atom stereocenters. The van der Waals surface area contributed by atoms with E-state index in [2.05, 4.69) is 21.2 Å². The van der Waals surface area contributed by atoms with E-state index in [1.807, 2.05) is 0 Å². The van der Waals surface area contributed by atoms with Crippen molar-refractivity contribution < 1.29 is 27.8 Å². The number of amides is 2. The van der Waals surface area contributed by atoms with Gasteiger partial charge in [0.25, 0.3) is 11.8 Å². The van der Waals surface area contributed by atoms with E-state index in [1.54, 1.807) is 37.3 Å². The zero-order valence-corrected chi connectivity index (χ0v) is 21.3. The first-order valence-electron chi connectivity index (χ1n) is 10.8. The maximum atomic E-state index is 14.4. The first-order chi connectivity index (χ1) is 17.3. The van der Waals surface area contributed by atoms with Crippen LogP contribution in [0.25, 0.3) is 6.08 Å². The van der Waals surface area contributed by atoms with Crippen molar-refractivity contribution in [3.8, 4) is 11.5 Å². The lowest BCUT2D eigenvalue weighted by molar-refractivity contribution is -0.122. The van der Waals surface area contributed by atoms with Crippen LogP contribution in [-0.2, 0) is 16.2 Å². The summed E-state index contributed by atoms with van der Waals surface area (Å²) in [5.74, 6) is -1.79. The highest BCUT2D eigenvalue weighted by Crippen LogP contribution is 2.36. The van der Waals surface area contributed by atoms with Gasteiger partial charge in [0.1, 0.15) is 23.8 Å². The summed E-state index contributed by atoms with van der Waals surface area (Å²) in [7, 11) is 0. The number of ether oxygens (including phenoxy) is 2. The topological polar surface area (TPSA) is 67.9 Å². The molecule has 3 aromatic rings. The highest BCUT2D eigenvalue weighted by atomic mass is 79.9. The Balaban J connectivity index is 1.67. The predicted octanol–water partition coefficient (Wildman–Crippen LogP) is 5.54. The van der Waals surface area contributed by atoms with Crippen LogP contribution in [0.15, 0.2) is 70.7 Å². The molecule has 0 radical (unpaired) electrons. The molecular weight excluding hydrogens is 554 g/mol. The van der Waals surface area contributed by atoms with Crippen LogP contribution in [0.3, 0.4) is 0 Å². The Morgan fingerprint density at radius 2 is 1.78 bits per heavy atom. The lowest BCUT2D eigenvalue weighted by Gasteiger charge is -2.29. The predicted molar refractivity (Wildman–Crippen MR) is 139 cm³/mol. The SMILES string of the molecule is CCOc1cc(/C=C2\C(=O)NC(=S)N(c3ccccc3F)C2=O)c(Br)cc1OCc1cccc(F)c1. The molecule has 184 valence electrons. The number of rotatable bonds is 7. The standard InChI is InChI=1S/C26H19BrF2N2O4S/c1-2-34-22-12-16(19(27)13-23(22)35-14-15-6-5-7-17(28)10-15)11-18-24(32)30-26(36)31(25(18)33)21-9-4-3-8-20(21)29/h3-13H,2,14H2,1H3,(H,30,32,36)/b18-11+. The molecule has 10 heteroatoms. The Labute approximate surface area is 219 Å². The van der Waals surface area contributed by atoms with E-state index in [4.69, 9.17) is 21.7 Å². The fourth-order valence-electron chi connectivity index (χ4n) is 3.50. The van der Waals surface area contributed by atoms with E-state index in [9.17, 15) is 18.4 Å². The smallest absolute Gasteiger partial charge is 0.270 e. The van der Waals surface area contributed by atoms with Crippen molar-refractivity contribution in [3.63, 3.8) is 0 Å². The summed E-state index contributed by atoms with van der Waals surface area (Å²) in [5.41, 5.74) is 0.752. The van der Waals surface area contributed by atoms with Crippen molar-refractivity contribution in [1.29, 1.82) is 0 Å². The molecule has 4 rings (SSSR count). The number of nitrogens with zero attached hydrogens (tertiary/aromatic N) is 1. The maximum absolute atomic E-state index is 14.4. The molecule has 0 aliphatic carbocycles. The Morgan fingerprint density at radius 1 is 1.03 bits per heavy atom. The number of benzene rings is 3. The molecule has 1 aliphatic rings. The van der Waals surface area contributed by atoms with Crippen LogP contribution in [0.4, 0.5) is 14.5 Å². The van der Waals surface area contributed by atoms with E-state index >= 15 is 0 Å². The molecule has 36 heavy (non-hydrogen) atoms. The van der Waals surface area contributed by atoms with Gasteiger partial charge < -0.3 is 9.47 Å². The van der Waals surface area contributed by atoms with Crippen LogP contribution in [0, 0.1) is 11.6 Å². The fourth-order valence-corrected chi connectivity index (χ4v) is 4.21. The Hall–Kier alpha value is -3.63. The van der Waals surface area contributed by atoms with Gasteiger partial charge in [-0.05, 0) is 72.7 Å².